The van der Waals surface area contributed by atoms with Crippen LogP contribution >= 0.6 is 15.6 Å². The lowest BCUT2D eigenvalue weighted by Crippen LogP contribution is -2.30. The van der Waals surface area contributed by atoms with E-state index in [9.17, 15) is 43.2 Å². The lowest BCUT2D eigenvalue weighted by molar-refractivity contribution is -0.161. The van der Waals surface area contributed by atoms with Crippen LogP contribution in [-0.4, -0.2) is 96.7 Å². The molecule has 0 saturated heterocycles. The van der Waals surface area contributed by atoms with Crippen LogP contribution in [0.5, 0.6) is 0 Å². The van der Waals surface area contributed by atoms with Gasteiger partial charge in [-0.25, -0.2) is 9.13 Å². The molecule has 564 valence electrons. The number of hydrogen-bond donors (Lipinski definition) is 3. The van der Waals surface area contributed by atoms with Gasteiger partial charge in [-0.05, 0) is 43.4 Å². The Labute approximate surface area is 581 Å². The molecular formula is C76H148O17P2. The molecule has 17 nitrogen and oxygen atoms in total. The van der Waals surface area contributed by atoms with Gasteiger partial charge in [0.05, 0.1) is 26.4 Å². The monoisotopic (exact) mass is 1400 g/mol. The number of aliphatic hydroxyl groups excluding tert-OH is 1. The quantitative estimate of drug-likeness (QED) is 0.0222. The molecule has 4 unspecified atom stereocenters. The molecule has 19 heteroatoms. The molecule has 0 aliphatic carbocycles. The average molecular weight is 1400 g/mol. The van der Waals surface area contributed by atoms with Crippen molar-refractivity contribution < 1.29 is 80.2 Å². The van der Waals surface area contributed by atoms with E-state index in [1.165, 1.54) is 193 Å². The maximum atomic E-state index is 13.1. The van der Waals surface area contributed by atoms with Crippen LogP contribution in [0.4, 0.5) is 0 Å². The maximum Gasteiger partial charge on any atom is 0.472 e. The van der Waals surface area contributed by atoms with Gasteiger partial charge in [-0.2, -0.15) is 0 Å². The first-order chi connectivity index (χ1) is 45.8. The van der Waals surface area contributed by atoms with Gasteiger partial charge in [0, 0.05) is 25.7 Å². The highest BCUT2D eigenvalue weighted by Gasteiger charge is 2.30. The minimum Gasteiger partial charge on any atom is -0.462 e. The van der Waals surface area contributed by atoms with Gasteiger partial charge in [-0.1, -0.05) is 337 Å². The number of esters is 4. The van der Waals surface area contributed by atoms with E-state index in [2.05, 4.69) is 48.5 Å². The zero-order valence-electron chi connectivity index (χ0n) is 62.1. The SMILES string of the molecule is CCCCCCCCCCCCCCCCCCCC(=O)O[C@H](COC(=O)CCCCCCCCCCCCCCCC(C)C)COP(=O)(O)OC[C@@H](O)COP(=O)(O)OC[C@@H](COC(=O)CCCCCCCCC(C)CC)OC(=O)CCCCCCCCCCC(C)CC. The van der Waals surface area contributed by atoms with Gasteiger partial charge in [-0.15, -0.1) is 0 Å². The largest absolute Gasteiger partial charge is 0.472 e. The van der Waals surface area contributed by atoms with Crippen LogP contribution in [0.15, 0.2) is 0 Å². The molecule has 0 rings (SSSR count). The molecule has 0 fully saturated rings. The van der Waals surface area contributed by atoms with E-state index in [4.69, 9.17) is 37.0 Å². The van der Waals surface area contributed by atoms with E-state index in [1.807, 2.05) is 0 Å². The fourth-order valence-electron chi connectivity index (χ4n) is 11.5. The summed E-state index contributed by atoms with van der Waals surface area (Å²) in [4.78, 5) is 72.8. The molecule has 0 aromatic carbocycles. The normalized spacial score (nSPS) is 14.6. The van der Waals surface area contributed by atoms with Crippen LogP contribution in [0.1, 0.15) is 389 Å². The Hall–Kier alpha value is -1.94. The molecule has 0 aromatic rings. The second-order valence-corrected chi connectivity index (χ2v) is 31.3. The molecule has 0 radical (unpaired) electrons. The van der Waals surface area contributed by atoms with Crippen molar-refractivity contribution in [2.24, 2.45) is 17.8 Å². The van der Waals surface area contributed by atoms with Crippen molar-refractivity contribution in [2.45, 2.75) is 407 Å². The van der Waals surface area contributed by atoms with Gasteiger partial charge >= 0.3 is 39.5 Å². The number of aliphatic hydroxyl groups is 1. The third-order valence-corrected chi connectivity index (χ3v) is 20.3. The summed E-state index contributed by atoms with van der Waals surface area (Å²) in [5.41, 5.74) is 0. The number of phosphoric ester groups is 2. The van der Waals surface area contributed by atoms with Gasteiger partial charge in [0.1, 0.15) is 19.3 Å². The van der Waals surface area contributed by atoms with Crippen molar-refractivity contribution in [1.29, 1.82) is 0 Å². The molecule has 0 aromatic heterocycles. The maximum absolute atomic E-state index is 13.1. The highest BCUT2D eigenvalue weighted by Crippen LogP contribution is 2.45. The van der Waals surface area contributed by atoms with Crippen molar-refractivity contribution in [3.8, 4) is 0 Å². The van der Waals surface area contributed by atoms with Crippen LogP contribution in [0.3, 0.4) is 0 Å². The number of unbranched alkanes of at least 4 members (excludes halogenated alkanes) is 40. The molecule has 0 saturated carbocycles. The van der Waals surface area contributed by atoms with Crippen molar-refractivity contribution >= 4 is 39.5 Å². The first-order valence-corrected chi connectivity index (χ1v) is 42.4. The Bertz CT molecular complexity index is 1860. The number of rotatable bonds is 74. The Morgan fingerprint density at radius 2 is 0.537 bits per heavy atom. The Morgan fingerprint density at radius 1 is 0.305 bits per heavy atom. The lowest BCUT2D eigenvalue weighted by atomic mass is 9.99. The molecular weight excluding hydrogens is 1250 g/mol. The zero-order valence-corrected chi connectivity index (χ0v) is 63.9. The number of carbonyl (C=O) groups is 4. The van der Waals surface area contributed by atoms with Gasteiger partial charge in [0.2, 0.25) is 0 Å². The fraction of sp³-hybridized carbons (Fsp3) is 0.947. The van der Waals surface area contributed by atoms with Crippen molar-refractivity contribution in [2.75, 3.05) is 39.6 Å². The first kappa shape index (κ1) is 93.1. The van der Waals surface area contributed by atoms with Crippen molar-refractivity contribution in [1.82, 2.24) is 0 Å². The Kier molecular flexibility index (Phi) is 65.2. The third kappa shape index (κ3) is 67.6. The summed E-state index contributed by atoms with van der Waals surface area (Å²) in [7, 11) is -9.91. The van der Waals surface area contributed by atoms with E-state index >= 15 is 0 Å². The van der Waals surface area contributed by atoms with Gasteiger partial charge < -0.3 is 33.8 Å². The van der Waals surface area contributed by atoms with Crippen LogP contribution in [0.25, 0.3) is 0 Å². The van der Waals surface area contributed by atoms with Crippen molar-refractivity contribution in [3.63, 3.8) is 0 Å². The van der Waals surface area contributed by atoms with E-state index in [-0.39, 0.29) is 25.7 Å². The summed E-state index contributed by atoms with van der Waals surface area (Å²) < 4.78 is 68.5. The number of hydrogen-bond acceptors (Lipinski definition) is 15. The summed E-state index contributed by atoms with van der Waals surface area (Å²) >= 11 is 0. The van der Waals surface area contributed by atoms with E-state index in [0.717, 1.165) is 114 Å². The van der Waals surface area contributed by atoms with Crippen molar-refractivity contribution in [3.05, 3.63) is 0 Å². The minimum atomic E-state index is -4.96. The predicted molar refractivity (Wildman–Crippen MR) is 386 cm³/mol. The molecule has 95 heavy (non-hydrogen) atoms. The predicted octanol–water partition coefficient (Wildman–Crippen LogP) is 22.2. The van der Waals surface area contributed by atoms with Gasteiger partial charge in [0.25, 0.3) is 0 Å². The standard InChI is InChI=1S/C76H148O17P2/c1-8-11-12-13-14-15-16-17-18-19-20-23-27-30-36-45-52-59-75(80)92-71(63-86-73(78)57-50-43-35-29-26-24-21-22-25-28-33-40-47-54-67(4)5)65-90-94(82,83)88-61-70(77)62-89-95(84,85)91-66-72(64-87-74(79)58-51-44-39-38-42-49-56-69(7)10-3)93-76(81)60-53-46-37-32-31-34-41-48-55-68(6)9-2/h67-72,77H,8-66H2,1-7H3,(H,82,83)(H,84,85)/t68?,69?,70-,71-,72-/m1/s1. The van der Waals surface area contributed by atoms with E-state index in [0.29, 0.717) is 25.7 Å². The second-order valence-electron chi connectivity index (χ2n) is 28.4. The molecule has 0 spiro atoms. The van der Waals surface area contributed by atoms with E-state index < -0.39 is 97.5 Å². The van der Waals surface area contributed by atoms with Crippen LogP contribution in [0.2, 0.25) is 0 Å². The van der Waals surface area contributed by atoms with Gasteiger partial charge in [0.15, 0.2) is 12.2 Å². The van der Waals surface area contributed by atoms with Gasteiger partial charge in [-0.3, -0.25) is 37.3 Å². The van der Waals surface area contributed by atoms with Crippen LogP contribution < -0.4 is 0 Å². The zero-order chi connectivity index (χ0) is 70.1. The molecule has 0 amide bonds. The Balaban J connectivity index is 5.25. The molecule has 3 N–H and O–H groups in total. The molecule has 0 bridgehead atoms. The summed E-state index contributed by atoms with van der Waals surface area (Å²) in [6.07, 6.45) is 52.7. The molecule has 0 aliphatic rings. The average Bonchev–Trinajstić information content (AvgIpc) is 1.49. The topological polar surface area (TPSA) is 237 Å². The summed E-state index contributed by atoms with van der Waals surface area (Å²) in [5, 5.41) is 10.6. The van der Waals surface area contributed by atoms with E-state index in [1.54, 1.807) is 0 Å². The third-order valence-electron chi connectivity index (χ3n) is 18.4. The van der Waals surface area contributed by atoms with Crippen LogP contribution in [-0.2, 0) is 65.4 Å². The minimum absolute atomic E-state index is 0.104. The highest BCUT2D eigenvalue weighted by atomic mass is 31.2. The second kappa shape index (κ2) is 66.6. The fourth-order valence-corrected chi connectivity index (χ4v) is 13.1. The number of ether oxygens (including phenoxy) is 4. The lowest BCUT2D eigenvalue weighted by Gasteiger charge is -2.21. The van der Waals surface area contributed by atoms with Crippen LogP contribution in [0, 0.1) is 17.8 Å². The highest BCUT2D eigenvalue weighted by molar-refractivity contribution is 7.47. The first-order valence-electron chi connectivity index (χ1n) is 39.4. The summed E-state index contributed by atoms with van der Waals surface area (Å²) in [6.45, 7) is 11.9. The number of carbonyl (C=O) groups excluding carboxylic acids is 4. The number of phosphoric acid groups is 2. The molecule has 0 heterocycles. The summed E-state index contributed by atoms with van der Waals surface area (Å²) in [5.74, 6) is 0.172. The Morgan fingerprint density at radius 3 is 0.800 bits per heavy atom. The molecule has 7 atom stereocenters. The molecule has 0 aliphatic heterocycles. The smallest absolute Gasteiger partial charge is 0.462 e. The summed E-state index contributed by atoms with van der Waals surface area (Å²) in [6, 6.07) is 0.